The minimum absolute atomic E-state index is 0.106. The highest BCUT2D eigenvalue weighted by molar-refractivity contribution is 6.02. The summed E-state index contributed by atoms with van der Waals surface area (Å²) in [5, 5.41) is 3.31. The third kappa shape index (κ3) is 6.54. The Labute approximate surface area is 212 Å². The number of hydrogen-bond acceptors (Lipinski definition) is 1. The van der Waals surface area contributed by atoms with Gasteiger partial charge in [0, 0.05) is 11.4 Å². The van der Waals surface area contributed by atoms with Crippen LogP contribution in [0.3, 0.4) is 0 Å². The molecule has 2 amide bonds. The summed E-state index contributed by atoms with van der Waals surface area (Å²) in [6, 6.07) is 23.2. The number of nitrogens with zero attached hydrogens (tertiary/aromatic N) is 1. The summed E-state index contributed by atoms with van der Waals surface area (Å²) >= 11 is 0. The molecule has 0 saturated heterocycles. The van der Waals surface area contributed by atoms with Crippen LogP contribution in [0.2, 0.25) is 0 Å². The predicted octanol–water partition coefficient (Wildman–Crippen LogP) is 9.42. The van der Waals surface area contributed by atoms with Crippen LogP contribution in [-0.2, 0) is 6.54 Å². The number of benzene rings is 3. The zero-order chi connectivity index (χ0) is 25.7. The summed E-state index contributed by atoms with van der Waals surface area (Å²) in [6.45, 7) is 18.0. The van der Waals surface area contributed by atoms with Gasteiger partial charge < -0.3 is 5.32 Å². The van der Waals surface area contributed by atoms with Gasteiger partial charge in [-0.3, -0.25) is 4.90 Å². The van der Waals surface area contributed by atoms with E-state index in [2.05, 4.69) is 127 Å². The minimum atomic E-state index is -0.106. The lowest BCUT2D eigenvalue weighted by molar-refractivity contribution is 0.256. The van der Waals surface area contributed by atoms with Crippen molar-refractivity contribution >= 4 is 17.4 Å². The molecule has 35 heavy (non-hydrogen) atoms. The molecule has 0 aliphatic heterocycles. The molecule has 1 N–H and O–H groups in total. The fourth-order valence-corrected chi connectivity index (χ4v) is 4.38. The Balaban J connectivity index is 1.99. The second-order valence-electron chi connectivity index (χ2n) is 10.8. The molecule has 0 aliphatic rings. The van der Waals surface area contributed by atoms with E-state index in [1.54, 1.807) is 0 Å². The summed E-state index contributed by atoms with van der Waals surface area (Å²) in [6.07, 6.45) is 0. The van der Waals surface area contributed by atoms with Crippen LogP contribution < -0.4 is 10.2 Å². The fraction of sp³-hybridized carbons (Fsp3) is 0.406. The van der Waals surface area contributed by atoms with Crippen LogP contribution in [0.5, 0.6) is 0 Å². The van der Waals surface area contributed by atoms with Crippen molar-refractivity contribution in [3.8, 4) is 0 Å². The van der Waals surface area contributed by atoms with Crippen LogP contribution in [0, 0.1) is 0 Å². The number of carbonyl (C=O) groups excluding carboxylic acids is 1. The molecular weight excluding hydrogens is 428 g/mol. The van der Waals surface area contributed by atoms with Gasteiger partial charge in [-0.05, 0) is 63.6 Å². The molecule has 0 heterocycles. The van der Waals surface area contributed by atoms with E-state index in [0.717, 1.165) is 16.9 Å². The topological polar surface area (TPSA) is 32.3 Å². The van der Waals surface area contributed by atoms with Gasteiger partial charge in [0.2, 0.25) is 0 Å². The normalized spacial score (nSPS) is 11.5. The van der Waals surface area contributed by atoms with E-state index in [1.807, 2.05) is 4.90 Å². The number of rotatable bonds is 8. The van der Waals surface area contributed by atoms with Gasteiger partial charge in [0.1, 0.15) is 0 Å². The average molecular weight is 471 g/mol. The van der Waals surface area contributed by atoms with Crippen LogP contribution in [0.4, 0.5) is 16.2 Å². The highest BCUT2D eigenvalue weighted by Crippen LogP contribution is 2.33. The Hall–Kier alpha value is -3.07. The van der Waals surface area contributed by atoms with Gasteiger partial charge in [-0.25, -0.2) is 4.79 Å². The number of hydrogen-bond donors (Lipinski definition) is 1. The van der Waals surface area contributed by atoms with Gasteiger partial charge in [0.15, 0.2) is 0 Å². The first-order valence-electron chi connectivity index (χ1n) is 13.0. The lowest BCUT2D eigenvalue weighted by atomic mass is 9.92. The molecule has 0 unspecified atom stereocenters. The third-order valence-electron chi connectivity index (χ3n) is 6.71. The van der Waals surface area contributed by atoms with E-state index >= 15 is 0 Å². The summed E-state index contributed by atoms with van der Waals surface area (Å²) in [7, 11) is 0. The van der Waals surface area contributed by atoms with Crippen LogP contribution >= 0.6 is 0 Å². The molecule has 186 valence electrons. The average Bonchev–Trinajstić information content (AvgIpc) is 2.82. The van der Waals surface area contributed by atoms with Gasteiger partial charge in [0.05, 0.1) is 6.54 Å². The Kier molecular flexibility index (Phi) is 8.77. The van der Waals surface area contributed by atoms with E-state index in [0.29, 0.717) is 30.2 Å². The molecular formula is C32H42N2O. The monoisotopic (exact) mass is 470 g/mol. The van der Waals surface area contributed by atoms with Crippen LogP contribution in [0.25, 0.3) is 0 Å². The Bertz CT molecular complexity index is 1080. The lowest BCUT2D eigenvalue weighted by Crippen LogP contribution is -2.35. The third-order valence-corrected chi connectivity index (χ3v) is 6.71. The zero-order valence-electron chi connectivity index (χ0n) is 22.7. The van der Waals surface area contributed by atoms with Gasteiger partial charge in [-0.2, -0.15) is 0 Å². The van der Waals surface area contributed by atoms with E-state index in [1.165, 1.54) is 22.3 Å². The first-order valence-corrected chi connectivity index (χ1v) is 13.0. The summed E-state index contributed by atoms with van der Waals surface area (Å²) in [5.74, 6) is 1.55. The van der Waals surface area contributed by atoms with Gasteiger partial charge in [0.25, 0.3) is 0 Å². The molecule has 3 heteroatoms. The van der Waals surface area contributed by atoms with Crippen LogP contribution in [-0.4, -0.2) is 6.03 Å². The molecule has 0 radical (unpaired) electrons. The fourth-order valence-electron chi connectivity index (χ4n) is 4.38. The molecule has 3 rings (SSSR count). The molecule has 0 atom stereocenters. The second-order valence-corrected chi connectivity index (χ2v) is 10.8. The summed E-state index contributed by atoms with van der Waals surface area (Å²) in [4.78, 5) is 15.7. The maximum Gasteiger partial charge on any atom is 0.326 e. The van der Waals surface area contributed by atoms with Gasteiger partial charge in [-0.1, -0.05) is 110 Å². The molecule has 3 aromatic rings. The smallest absolute Gasteiger partial charge is 0.307 e. The van der Waals surface area contributed by atoms with Crippen molar-refractivity contribution in [3.63, 3.8) is 0 Å². The number of para-hydroxylation sites is 1. The molecule has 0 aromatic heterocycles. The Morgan fingerprint density at radius 3 is 1.54 bits per heavy atom. The lowest BCUT2D eigenvalue weighted by Gasteiger charge is -2.27. The number of anilines is 2. The van der Waals surface area contributed by atoms with E-state index < -0.39 is 0 Å². The number of carbonyl (C=O) groups is 1. The molecule has 3 nitrogen and oxygen atoms in total. The van der Waals surface area contributed by atoms with Crippen molar-refractivity contribution in [2.24, 2.45) is 0 Å². The Morgan fingerprint density at radius 1 is 0.657 bits per heavy atom. The van der Waals surface area contributed by atoms with Crippen molar-refractivity contribution in [2.45, 2.75) is 85.6 Å². The van der Waals surface area contributed by atoms with Gasteiger partial charge in [-0.15, -0.1) is 0 Å². The summed E-state index contributed by atoms with van der Waals surface area (Å²) in [5.41, 5.74) is 7.86. The molecule has 0 saturated carbocycles. The largest absolute Gasteiger partial charge is 0.326 e. The number of urea groups is 1. The van der Waals surface area contributed by atoms with E-state index in [-0.39, 0.29) is 6.03 Å². The Morgan fingerprint density at radius 2 is 1.11 bits per heavy atom. The van der Waals surface area contributed by atoms with E-state index in [4.69, 9.17) is 0 Å². The second kappa shape index (κ2) is 11.6. The van der Waals surface area contributed by atoms with Crippen LogP contribution in [0.1, 0.15) is 107 Å². The highest BCUT2D eigenvalue weighted by atomic mass is 16.2. The predicted molar refractivity (Wildman–Crippen MR) is 151 cm³/mol. The quantitative estimate of drug-likeness (QED) is 0.349. The zero-order valence-corrected chi connectivity index (χ0v) is 22.7. The number of nitrogens with one attached hydrogen (secondary N) is 1. The minimum Gasteiger partial charge on any atom is -0.307 e. The standard InChI is InChI=1S/C32H42N2O/c1-21(2)26-14-12-25(13-15-26)20-34(28-18-16-27(17-19-28)22(3)4)32(35)33-31-29(23(5)6)10-9-11-30(31)24(7)8/h9-19,21-24H,20H2,1-8H3,(H,33,35). The SMILES string of the molecule is CC(C)c1ccc(CN(C(=O)Nc2c(C(C)C)cccc2C(C)C)c2ccc(C(C)C)cc2)cc1. The van der Waals surface area contributed by atoms with Crippen molar-refractivity contribution in [3.05, 3.63) is 94.5 Å². The van der Waals surface area contributed by atoms with Crippen molar-refractivity contribution in [1.82, 2.24) is 0 Å². The first kappa shape index (κ1) is 26.5. The van der Waals surface area contributed by atoms with Crippen molar-refractivity contribution in [1.29, 1.82) is 0 Å². The molecule has 0 spiro atoms. The molecule has 0 fully saturated rings. The van der Waals surface area contributed by atoms with Crippen molar-refractivity contribution < 1.29 is 4.79 Å². The van der Waals surface area contributed by atoms with Crippen molar-refractivity contribution in [2.75, 3.05) is 10.2 Å². The number of amides is 2. The van der Waals surface area contributed by atoms with E-state index in [9.17, 15) is 4.79 Å². The summed E-state index contributed by atoms with van der Waals surface area (Å²) < 4.78 is 0. The maximum absolute atomic E-state index is 13.9. The first-order chi connectivity index (χ1) is 16.6. The molecule has 3 aromatic carbocycles. The maximum atomic E-state index is 13.9. The molecule has 0 aliphatic carbocycles. The molecule has 0 bridgehead atoms. The van der Waals surface area contributed by atoms with Crippen LogP contribution in [0.15, 0.2) is 66.7 Å². The van der Waals surface area contributed by atoms with Gasteiger partial charge >= 0.3 is 6.03 Å². The highest BCUT2D eigenvalue weighted by Gasteiger charge is 2.21.